The number of carbonyl (C=O) groups is 4. The number of carbonyl (C=O) groups excluding carboxylic acids is 4. The van der Waals surface area contributed by atoms with Gasteiger partial charge in [0.2, 0.25) is 0 Å². The molecule has 2 aliphatic heterocycles. The monoisotopic (exact) mass is 428 g/mol. The van der Waals surface area contributed by atoms with Crippen LogP contribution in [0.4, 0.5) is 0 Å². The molecule has 2 unspecified atom stereocenters. The van der Waals surface area contributed by atoms with Gasteiger partial charge in [0.25, 0.3) is 11.8 Å². The molecule has 2 atom stereocenters. The fourth-order valence-electron chi connectivity index (χ4n) is 4.99. The van der Waals surface area contributed by atoms with E-state index in [0.29, 0.717) is 30.6 Å². The number of piperazine rings is 1. The summed E-state index contributed by atoms with van der Waals surface area (Å²) in [6, 6.07) is 3.95. The van der Waals surface area contributed by atoms with Crippen LogP contribution in [0.3, 0.4) is 0 Å². The van der Waals surface area contributed by atoms with Crippen molar-refractivity contribution in [2.24, 2.45) is 5.92 Å². The highest BCUT2D eigenvalue weighted by Crippen LogP contribution is 2.40. The molecule has 0 bridgehead atoms. The minimum absolute atomic E-state index is 0.0449. The standard InChI is InChI=1S/C21H28N4O2.2CH2O/c1-15-19(17-7-3-4-8-18(17)23(2)20(15)26)24-10-12-25(13-11-24)21(27)16-6-5-9-22-14-16;2*1-2/h5-6,9,14,17-18H,3-4,7-8,10-13H2,1-2H3;2*1H2. The van der Waals surface area contributed by atoms with Crippen LogP contribution in [0.1, 0.15) is 43.0 Å². The molecule has 1 aromatic heterocycles. The lowest BCUT2D eigenvalue weighted by Gasteiger charge is -2.48. The average molecular weight is 429 g/mol. The van der Waals surface area contributed by atoms with Gasteiger partial charge in [0.05, 0.1) is 5.56 Å². The molecule has 0 N–H and O–H groups in total. The molecule has 31 heavy (non-hydrogen) atoms. The largest absolute Gasteiger partial charge is 0.371 e. The fraction of sp³-hybridized carbons (Fsp3) is 0.522. The number of likely N-dealkylation sites (N-methyl/N-ethyl adjacent to an activating group) is 1. The molecule has 8 nitrogen and oxygen atoms in total. The van der Waals surface area contributed by atoms with Crippen LogP contribution in [0.5, 0.6) is 0 Å². The Balaban J connectivity index is 0.000000807. The zero-order valence-electron chi connectivity index (χ0n) is 18.5. The Kier molecular flexibility index (Phi) is 8.90. The van der Waals surface area contributed by atoms with E-state index in [2.05, 4.69) is 9.88 Å². The second-order valence-corrected chi connectivity index (χ2v) is 7.91. The first-order valence-corrected chi connectivity index (χ1v) is 10.6. The molecule has 8 heteroatoms. The lowest BCUT2D eigenvalue weighted by molar-refractivity contribution is -0.131. The molecule has 4 rings (SSSR count). The number of hydrogen-bond acceptors (Lipinski definition) is 6. The third kappa shape index (κ3) is 5.00. The van der Waals surface area contributed by atoms with Gasteiger partial charge in [0.15, 0.2) is 0 Å². The molecule has 2 amide bonds. The summed E-state index contributed by atoms with van der Waals surface area (Å²) in [6.07, 6.45) is 8.01. The molecule has 1 saturated carbocycles. The van der Waals surface area contributed by atoms with Crippen molar-refractivity contribution < 1.29 is 19.2 Å². The van der Waals surface area contributed by atoms with Crippen molar-refractivity contribution in [2.45, 2.75) is 38.6 Å². The molecular weight excluding hydrogens is 396 g/mol. The van der Waals surface area contributed by atoms with Crippen LogP contribution in [0, 0.1) is 5.92 Å². The minimum atomic E-state index is 0.0449. The van der Waals surface area contributed by atoms with Crippen molar-refractivity contribution in [1.82, 2.24) is 19.7 Å². The van der Waals surface area contributed by atoms with E-state index in [9.17, 15) is 9.59 Å². The summed E-state index contributed by atoms with van der Waals surface area (Å²) in [5.74, 6) is 0.660. The molecule has 1 aromatic rings. The van der Waals surface area contributed by atoms with Crippen molar-refractivity contribution >= 4 is 25.4 Å². The summed E-state index contributed by atoms with van der Waals surface area (Å²) in [5.41, 5.74) is 2.78. The molecule has 0 aromatic carbocycles. The molecule has 2 fully saturated rings. The van der Waals surface area contributed by atoms with E-state index in [1.54, 1.807) is 18.5 Å². The summed E-state index contributed by atoms with van der Waals surface area (Å²) in [4.78, 5) is 51.7. The Bertz CT molecular complexity index is 788. The number of pyridine rings is 1. The van der Waals surface area contributed by atoms with Crippen molar-refractivity contribution in [3.8, 4) is 0 Å². The Morgan fingerprint density at radius 3 is 2.32 bits per heavy atom. The second kappa shape index (κ2) is 11.4. The highest BCUT2D eigenvalue weighted by atomic mass is 16.2. The van der Waals surface area contributed by atoms with Gasteiger partial charge in [-0.1, -0.05) is 12.8 Å². The summed E-state index contributed by atoms with van der Waals surface area (Å²) in [7, 11) is 1.95. The van der Waals surface area contributed by atoms with Crippen molar-refractivity contribution in [3.63, 3.8) is 0 Å². The van der Waals surface area contributed by atoms with Gasteiger partial charge >= 0.3 is 0 Å². The zero-order valence-corrected chi connectivity index (χ0v) is 18.5. The predicted molar refractivity (Wildman–Crippen MR) is 117 cm³/mol. The Labute approximate surface area is 183 Å². The fourth-order valence-corrected chi connectivity index (χ4v) is 4.99. The number of rotatable bonds is 2. The second-order valence-electron chi connectivity index (χ2n) is 7.91. The zero-order chi connectivity index (χ0) is 23.0. The number of nitrogens with zero attached hydrogens (tertiary/aromatic N) is 4. The lowest BCUT2D eigenvalue weighted by Crippen LogP contribution is -2.55. The van der Waals surface area contributed by atoms with E-state index in [4.69, 9.17) is 9.59 Å². The van der Waals surface area contributed by atoms with Gasteiger partial charge < -0.3 is 24.3 Å². The van der Waals surface area contributed by atoms with Gasteiger partial charge in [0, 0.05) is 68.9 Å². The summed E-state index contributed by atoms with van der Waals surface area (Å²) in [5, 5.41) is 0. The normalized spacial score (nSPS) is 23.2. The first-order chi connectivity index (χ1) is 15.1. The van der Waals surface area contributed by atoms with Crippen LogP contribution >= 0.6 is 0 Å². The van der Waals surface area contributed by atoms with Gasteiger partial charge in [-0.05, 0) is 31.9 Å². The van der Waals surface area contributed by atoms with Gasteiger partial charge in [-0.2, -0.15) is 0 Å². The van der Waals surface area contributed by atoms with Crippen LogP contribution in [0.25, 0.3) is 0 Å². The maximum absolute atomic E-state index is 12.8. The third-order valence-electron chi connectivity index (χ3n) is 6.42. The molecule has 3 aliphatic rings. The van der Waals surface area contributed by atoms with E-state index < -0.39 is 0 Å². The molecule has 1 aliphatic carbocycles. The lowest BCUT2D eigenvalue weighted by atomic mass is 9.77. The number of hydrogen-bond donors (Lipinski definition) is 0. The molecular formula is C23H32N4O4. The summed E-state index contributed by atoms with van der Waals surface area (Å²) < 4.78 is 0. The quantitative estimate of drug-likeness (QED) is 0.713. The third-order valence-corrected chi connectivity index (χ3v) is 6.42. The van der Waals surface area contributed by atoms with Crippen molar-refractivity contribution in [1.29, 1.82) is 0 Å². The van der Waals surface area contributed by atoms with Crippen LogP contribution in [0.15, 0.2) is 35.8 Å². The van der Waals surface area contributed by atoms with Crippen LogP contribution in [0.2, 0.25) is 0 Å². The predicted octanol–water partition coefficient (Wildman–Crippen LogP) is 1.77. The molecule has 0 spiro atoms. The van der Waals surface area contributed by atoms with E-state index in [1.165, 1.54) is 18.5 Å². The van der Waals surface area contributed by atoms with E-state index in [1.807, 2.05) is 43.4 Å². The van der Waals surface area contributed by atoms with Crippen molar-refractivity contribution in [2.75, 3.05) is 33.2 Å². The first kappa shape index (κ1) is 24.2. The highest BCUT2D eigenvalue weighted by Gasteiger charge is 2.42. The molecule has 1 saturated heterocycles. The van der Waals surface area contributed by atoms with E-state index in [-0.39, 0.29) is 11.8 Å². The summed E-state index contributed by atoms with van der Waals surface area (Å²) in [6.45, 7) is 8.93. The Hall–Kier alpha value is -3.03. The smallest absolute Gasteiger partial charge is 0.255 e. The maximum atomic E-state index is 12.8. The highest BCUT2D eigenvalue weighted by molar-refractivity contribution is 5.95. The topological polar surface area (TPSA) is 90.9 Å². The Morgan fingerprint density at radius 1 is 1.06 bits per heavy atom. The number of amides is 2. The summed E-state index contributed by atoms with van der Waals surface area (Å²) >= 11 is 0. The molecule has 3 heterocycles. The van der Waals surface area contributed by atoms with Crippen LogP contribution in [-0.2, 0) is 14.4 Å². The Morgan fingerprint density at radius 2 is 1.71 bits per heavy atom. The number of aromatic nitrogens is 1. The van der Waals surface area contributed by atoms with Gasteiger partial charge in [-0.25, -0.2) is 0 Å². The SMILES string of the molecule is C=O.C=O.CC1=C(N2CCN(C(=O)c3cccnc3)CC2)C2CCCCC2N(C)C1=O. The average Bonchev–Trinajstić information content (AvgIpc) is 2.86. The van der Waals surface area contributed by atoms with Gasteiger partial charge in [-0.3, -0.25) is 14.6 Å². The molecule has 0 radical (unpaired) electrons. The van der Waals surface area contributed by atoms with E-state index in [0.717, 1.165) is 31.5 Å². The van der Waals surface area contributed by atoms with Crippen molar-refractivity contribution in [3.05, 3.63) is 41.4 Å². The minimum Gasteiger partial charge on any atom is -0.371 e. The maximum Gasteiger partial charge on any atom is 0.255 e. The van der Waals surface area contributed by atoms with Crippen LogP contribution < -0.4 is 0 Å². The van der Waals surface area contributed by atoms with Crippen LogP contribution in [-0.4, -0.2) is 84.3 Å². The number of fused-ring (bicyclic) bond motifs is 1. The van der Waals surface area contributed by atoms with Gasteiger partial charge in [-0.15, -0.1) is 0 Å². The molecule has 168 valence electrons. The first-order valence-electron chi connectivity index (χ1n) is 10.6. The van der Waals surface area contributed by atoms with E-state index >= 15 is 0 Å². The van der Waals surface area contributed by atoms with Gasteiger partial charge in [0.1, 0.15) is 13.6 Å².